The van der Waals surface area contributed by atoms with E-state index in [1.165, 1.54) is 11.1 Å². The smallest absolute Gasteiger partial charge is 0.128 e. The van der Waals surface area contributed by atoms with Crippen LogP contribution >= 0.6 is 27.5 Å². The van der Waals surface area contributed by atoms with E-state index >= 15 is 0 Å². The molecule has 4 heteroatoms. The molecular weight excluding hydrogens is 410 g/mol. The summed E-state index contributed by atoms with van der Waals surface area (Å²) in [5.41, 5.74) is 5.29. The SMILES string of the molecule is Cc1cccc(N=Cc2cc(Cl)ccc2OCc2ccc(Br)cc2)c1C. The van der Waals surface area contributed by atoms with Gasteiger partial charge < -0.3 is 4.74 Å². The van der Waals surface area contributed by atoms with Crippen LogP contribution in [0.2, 0.25) is 5.02 Å². The van der Waals surface area contributed by atoms with Crippen LogP contribution in [-0.4, -0.2) is 6.21 Å². The highest BCUT2D eigenvalue weighted by atomic mass is 79.9. The fourth-order valence-corrected chi connectivity index (χ4v) is 2.95. The van der Waals surface area contributed by atoms with E-state index in [2.05, 4.69) is 40.8 Å². The van der Waals surface area contributed by atoms with Gasteiger partial charge in [0.25, 0.3) is 0 Å². The largest absolute Gasteiger partial charge is 0.488 e. The number of halogens is 2. The minimum atomic E-state index is 0.485. The summed E-state index contributed by atoms with van der Waals surface area (Å²) in [5, 5.41) is 0.656. The van der Waals surface area contributed by atoms with Crippen molar-refractivity contribution in [3.8, 4) is 5.75 Å². The average Bonchev–Trinajstić information content (AvgIpc) is 2.63. The lowest BCUT2D eigenvalue weighted by Crippen LogP contribution is -1.98. The Balaban J connectivity index is 1.82. The monoisotopic (exact) mass is 427 g/mol. The molecule has 0 saturated carbocycles. The first-order valence-corrected chi connectivity index (χ1v) is 9.47. The van der Waals surface area contributed by atoms with Crippen molar-refractivity contribution in [1.29, 1.82) is 0 Å². The van der Waals surface area contributed by atoms with Gasteiger partial charge in [-0.25, -0.2) is 0 Å². The van der Waals surface area contributed by atoms with Gasteiger partial charge in [-0.15, -0.1) is 0 Å². The Morgan fingerprint density at radius 2 is 1.81 bits per heavy atom. The van der Waals surface area contributed by atoms with Gasteiger partial charge in [-0.1, -0.05) is 51.8 Å². The standard InChI is InChI=1S/C22H19BrClNO/c1-15-4-3-5-21(16(15)2)25-13-18-12-20(24)10-11-22(18)26-14-17-6-8-19(23)9-7-17/h3-13H,14H2,1-2H3. The number of aliphatic imine (C=N–C) groups is 1. The molecule has 0 aromatic heterocycles. The fraction of sp³-hybridized carbons (Fsp3) is 0.136. The summed E-state index contributed by atoms with van der Waals surface area (Å²) in [7, 11) is 0. The highest BCUT2D eigenvalue weighted by Gasteiger charge is 2.05. The summed E-state index contributed by atoms with van der Waals surface area (Å²) in [6.07, 6.45) is 1.81. The Hall–Kier alpha value is -2.10. The summed E-state index contributed by atoms with van der Waals surface area (Å²) in [4.78, 5) is 4.64. The number of hydrogen-bond acceptors (Lipinski definition) is 2. The van der Waals surface area contributed by atoms with Gasteiger partial charge in [0, 0.05) is 21.3 Å². The molecule has 0 aliphatic rings. The molecule has 26 heavy (non-hydrogen) atoms. The van der Waals surface area contributed by atoms with E-state index in [1.807, 2.05) is 60.8 Å². The van der Waals surface area contributed by atoms with Crippen LogP contribution in [0.25, 0.3) is 0 Å². The third-order valence-electron chi connectivity index (χ3n) is 4.20. The molecule has 0 unspecified atom stereocenters. The van der Waals surface area contributed by atoms with Gasteiger partial charge in [0.1, 0.15) is 12.4 Å². The van der Waals surface area contributed by atoms with E-state index in [0.29, 0.717) is 11.6 Å². The molecule has 0 fully saturated rings. The average molecular weight is 429 g/mol. The maximum Gasteiger partial charge on any atom is 0.128 e. The zero-order valence-corrected chi connectivity index (χ0v) is 17.0. The molecule has 0 radical (unpaired) electrons. The molecule has 3 aromatic rings. The van der Waals surface area contributed by atoms with E-state index in [-0.39, 0.29) is 0 Å². The van der Waals surface area contributed by atoms with Gasteiger partial charge >= 0.3 is 0 Å². The van der Waals surface area contributed by atoms with Crippen LogP contribution in [0.1, 0.15) is 22.3 Å². The Morgan fingerprint density at radius 1 is 1.04 bits per heavy atom. The molecule has 0 N–H and O–H groups in total. The zero-order chi connectivity index (χ0) is 18.5. The van der Waals surface area contributed by atoms with E-state index in [1.54, 1.807) is 0 Å². The van der Waals surface area contributed by atoms with E-state index < -0.39 is 0 Å². The Labute approximate surface area is 167 Å². The summed E-state index contributed by atoms with van der Waals surface area (Å²) in [6, 6.07) is 19.7. The quantitative estimate of drug-likeness (QED) is 0.399. The summed E-state index contributed by atoms with van der Waals surface area (Å²) < 4.78 is 7.05. The van der Waals surface area contributed by atoms with Crippen molar-refractivity contribution in [3.63, 3.8) is 0 Å². The third-order valence-corrected chi connectivity index (χ3v) is 4.96. The lowest BCUT2D eigenvalue weighted by Gasteiger charge is -2.10. The topological polar surface area (TPSA) is 21.6 Å². The molecule has 2 nitrogen and oxygen atoms in total. The third kappa shape index (κ3) is 4.75. The minimum Gasteiger partial charge on any atom is -0.488 e. The normalized spacial score (nSPS) is 11.1. The fourth-order valence-electron chi connectivity index (χ4n) is 2.51. The number of ether oxygens (including phenoxy) is 1. The van der Waals surface area contributed by atoms with Crippen molar-refractivity contribution in [1.82, 2.24) is 0 Å². The molecule has 0 heterocycles. The van der Waals surface area contributed by atoms with Crippen LogP contribution in [-0.2, 0) is 6.61 Å². The second-order valence-electron chi connectivity index (χ2n) is 6.07. The predicted octanol–water partition coefficient (Wildman–Crippen LogP) is 7.05. The van der Waals surface area contributed by atoms with Gasteiger partial charge in [0.15, 0.2) is 0 Å². The van der Waals surface area contributed by atoms with Crippen molar-refractivity contribution in [2.45, 2.75) is 20.5 Å². The second-order valence-corrected chi connectivity index (χ2v) is 7.43. The van der Waals surface area contributed by atoms with Crippen LogP contribution in [0.3, 0.4) is 0 Å². The van der Waals surface area contributed by atoms with Gasteiger partial charge in [-0.3, -0.25) is 4.99 Å². The summed E-state index contributed by atoms with van der Waals surface area (Å²) in [5.74, 6) is 0.756. The molecule has 0 saturated heterocycles. The molecule has 3 rings (SSSR count). The van der Waals surface area contributed by atoms with Crippen molar-refractivity contribution >= 4 is 39.4 Å². The maximum atomic E-state index is 6.17. The first kappa shape index (κ1) is 18.7. The predicted molar refractivity (Wildman–Crippen MR) is 113 cm³/mol. The van der Waals surface area contributed by atoms with Gasteiger partial charge in [0.05, 0.1) is 5.69 Å². The van der Waals surface area contributed by atoms with Crippen LogP contribution < -0.4 is 4.74 Å². The molecule has 0 aliphatic heterocycles. The van der Waals surface area contributed by atoms with Crippen molar-refractivity contribution in [2.24, 2.45) is 4.99 Å². The first-order valence-electron chi connectivity index (χ1n) is 8.30. The Bertz CT molecular complexity index is 935. The van der Waals surface area contributed by atoms with Crippen molar-refractivity contribution < 1.29 is 4.74 Å². The lowest BCUT2D eigenvalue weighted by molar-refractivity contribution is 0.306. The van der Waals surface area contributed by atoms with Crippen LogP contribution in [0.15, 0.2) is 70.1 Å². The Morgan fingerprint density at radius 3 is 2.58 bits per heavy atom. The highest BCUT2D eigenvalue weighted by molar-refractivity contribution is 9.10. The van der Waals surface area contributed by atoms with Crippen LogP contribution in [0.4, 0.5) is 5.69 Å². The first-order chi connectivity index (χ1) is 12.5. The zero-order valence-electron chi connectivity index (χ0n) is 14.7. The second kappa shape index (κ2) is 8.52. The minimum absolute atomic E-state index is 0.485. The van der Waals surface area contributed by atoms with Gasteiger partial charge in [0.2, 0.25) is 0 Å². The highest BCUT2D eigenvalue weighted by Crippen LogP contribution is 2.25. The summed E-state index contributed by atoms with van der Waals surface area (Å²) in [6.45, 7) is 4.64. The van der Waals surface area contributed by atoms with Crippen molar-refractivity contribution in [3.05, 3.63) is 92.4 Å². The molecule has 0 bridgehead atoms. The van der Waals surface area contributed by atoms with Crippen LogP contribution in [0, 0.1) is 13.8 Å². The molecule has 0 aliphatic carbocycles. The molecule has 0 atom stereocenters. The number of benzene rings is 3. The maximum absolute atomic E-state index is 6.17. The summed E-state index contributed by atoms with van der Waals surface area (Å²) >= 11 is 9.61. The van der Waals surface area contributed by atoms with E-state index in [0.717, 1.165) is 27.0 Å². The number of rotatable bonds is 5. The molecular formula is C22H19BrClNO. The molecule has 3 aromatic carbocycles. The molecule has 0 spiro atoms. The van der Waals surface area contributed by atoms with E-state index in [4.69, 9.17) is 16.3 Å². The van der Waals surface area contributed by atoms with Crippen molar-refractivity contribution in [2.75, 3.05) is 0 Å². The van der Waals surface area contributed by atoms with Crippen LogP contribution in [0.5, 0.6) is 5.75 Å². The lowest BCUT2D eigenvalue weighted by atomic mass is 10.1. The number of aryl methyl sites for hydroxylation is 1. The van der Waals surface area contributed by atoms with Gasteiger partial charge in [-0.05, 0) is 66.9 Å². The van der Waals surface area contributed by atoms with E-state index in [9.17, 15) is 0 Å². The number of hydrogen-bond donors (Lipinski definition) is 0. The molecule has 0 amide bonds. The van der Waals surface area contributed by atoms with Gasteiger partial charge in [-0.2, -0.15) is 0 Å². The Kier molecular flexibility index (Phi) is 6.12. The molecule has 132 valence electrons. The number of nitrogens with zero attached hydrogens (tertiary/aromatic N) is 1.